The molecule has 0 spiro atoms. The highest BCUT2D eigenvalue weighted by molar-refractivity contribution is 7.91. The molecule has 3 fully saturated rings. The molecule has 6 aliphatic carbocycles. The van der Waals surface area contributed by atoms with Crippen LogP contribution in [0.5, 0.6) is 0 Å². The number of nitrogens with zero attached hydrogens (tertiary/aromatic N) is 6. The summed E-state index contributed by atoms with van der Waals surface area (Å²) in [6, 6.07) is 4.24. The van der Waals surface area contributed by atoms with Gasteiger partial charge in [-0.2, -0.15) is 39.0 Å². The quantitative estimate of drug-likeness (QED) is 0.0918. The lowest BCUT2D eigenvalue weighted by Gasteiger charge is -2.59. The first-order valence-electron chi connectivity index (χ1n) is 28.8. The van der Waals surface area contributed by atoms with Crippen molar-refractivity contribution in [2.75, 3.05) is 68.0 Å². The van der Waals surface area contributed by atoms with Crippen LogP contribution < -0.4 is 34.8 Å². The van der Waals surface area contributed by atoms with Crippen molar-refractivity contribution in [2.45, 2.75) is 134 Å². The number of carbonyl (C=O) groups excluding carboxylic acids is 3. The van der Waals surface area contributed by atoms with Crippen molar-refractivity contribution in [3.05, 3.63) is 97.4 Å². The second-order valence-corrected chi connectivity index (χ2v) is 29.7. The summed E-state index contributed by atoms with van der Waals surface area (Å²) in [5.74, 6) is 0.683. The fourth-order valence-corrected chi connectivity index (χ4v) is 18.5. The number of rotatable bonds is 14. The molecule has 13 rings (SSSR count). The first-order chi connectivity index (χ1) is 38.5. The van der Waals surface area contributed by atoms with Crippen LogP contribution in [0.2, 0.25) is 0 Å². The molecule has 0 radical (unpaired) electrons. The van der Waals surface area contributed by atoms with Gasteiger partial charge in [0.25, 0.3) is 0 Å². The fraction of sp³-hybridized carbons (Fsp3) is 0.571. The van der Waals surface area contributed by atoms with Crippen LogP contribution in [0.1, 0.15) is 106 Å². The van der Waals surface area contributed by atoms with Crippen molar-refractivity contribution in [3.8, 4) is 0 Å². The summed E-state index contributed by atoms with van der Waals surface area (Å²) in [5, 5.41) is 13.3. The van der Waals surface area contributed by atoms with Crippen LogP contribution in [-0.4, -0.2) is 137 Å². The molecule has 9 aliphatic rings. The molecule has 0 bridgehead atoms. The number of urea groups is 3. The summed E-state index contributed by atoms with van der Waals surface area (Å²) in [4.78, 5) is 45.7. The minimum absolute atomic E-state index is 0.0164. The average molecular weight is 1170 g/mol. The second-order valence-electron chi connectivity index (χ2n) is 24.9. The number of piperazine rings is 1. The topological polar surface area (TPSA) is 269 Å². The summed E-state index contributed by atoms with van der Waals surface area (Å²) in [6.07, 6.45) is 14.5. The summed E-state index contributed by atoms with van der Waals surface area (Å²) < 4.78 is 94.2. The first kappa shape index (κ1) is 54.4. The number of hydrogen-bond acceptors (Lipinski definition) is 12. The Hall–Kier alpha value is -5.83. The van der Waals surface area contributed by atoms with E-state index in [4.69, 9.17) is 0 Å². The lowest BCUT2D eigenvalue weighted by Crippen LogP contribution is -2.79. The van der Waals surface area contributed by atoms with Crippen LogP contribution in [0.3, 0.4) is 0 Å². The number of aromatic nitrogens is 2. The number of benzene rings is 3. The summed E-state index contributed by atoms with van der Waals surface area (Å²) in [5.41, 5.74) is 15.4. The average Bonchev–Trinajstić information content (AvgIpc) is 4.27. The van der Waals surface area contributed by atoms with Gasteiger partial charge >= 0.3 is 48.7 Å². The molecule has 25 heteroatoms. The number of hydrogen-bond donors (Lipinski definition) is 7. The molecule has 7 N–H and O–H groups in total. The van der Waals surface area contributed by atoms with E-state index in [0.29, 0.717) is 63.1 Å². The number of likely N-dealkylation sites (tertiary alicyclic amines) is 2. The van der Waals surface area contributed by atoms with Crippen LogP contribution in [0, 0.1) is 23.7 Å². The zero-order valence-corrected chi connectivity index (χ0v) is 49.0. The lowest BCUT2D eigenvalue weighted by molar-refractivity contribution is -0.0620. The lowest BCUT2D eigenvalue weighted by atomic mass is 9.86. The van der Waals surface area contributed by atoms with Crippen molar-refractivity contribution in [2.24, 2.45) is 23.7 Å². The summed E-state index contributed by atoms with van der Waals surface area (Å²) in [7, 11) is -7.10. The van der Waals surface area contributed by atoms with Gasteiger partial charge in [-0.25, -0.2) is 28.5 Å². The van der Waals surface area contributed by atoms with Gasteiger partial charge in [0.1, 0.15) is 0 Å². The molecule has 81 heavy (non-hydrogen) atoms. The number of nitrogens with one attached hydrogen (secondary N) is 7. The zero-order chi connectivity index (χ0) is 56.6. The van der Waals surface area contributed by atoms with Crippen molar-refractivity contribution in [1.82, 2.24) is 42.4 Å². The third-order valence-electron chi connectivity index (χ3n) is 19.6. The molecular formula is C56H73N13O9S3. The molecule has 4 heterocycles. The molecule has 7 atom stereocenters. The van der Waals surface area contributed by atoms with Crippen LogP contribution in [-0.2, 0) is 108 Å². The van der Waals surface area contributed by atoms with E-state index in [1.807, 2.05) is 27.9 Å². The summed E-state index contributed by atoms with van der Waals surface area (Å²) >= 11 is 0. The Kier molecular flexibility index (Phi) is 13.6. The van der Waals surface area contributed by atoms with Crippen LogP contribution >= 0.6 is 0 Å². The normalized spacial score (nSPS) is 25.5. The highest BCUT2D eigenvalue weighted by Gasteiger charge is 2.55. The van der Waals surface area contributed by atoms with Gasteiger partial charge in [0.05, 0.1) is 17.9 Å². The van der Waals surface area contributed by atoms with E-state index in [1.54, 1.807) is 10.9 Å². The van der Waals surface area contributed by atoms with Gasteiger partial charge in [-0.05, 0) is 221 Å². The second kappa shape index (κ2) is 20.2. The highest BCUT2D eigenvalue weighted by atomic mass is 32.2. The molecule has 22 nitrogen and oxygen atoms in total. The monoisotopic (exact) mass is 1170 g/mol. The molecule has 1 aromatic heterocycles. The molecule has 3 saturated heterocycles. The highest BCUT2D eigenvalue weighted by Crippen LogP contribution is 2.51. The van der Waals surface area contributed by atoms with Gasteiger partial charge < -0.3 is 20.9 Å². The minimum atomic E-state index is -4.30. The Labute approximate surface area is 474 Å². The molecule has 434 valence electrons. The molecule has 3 aromatic carbocycles. The standard InChI is InChI=1S/C56H73N13O9S3/c1-30(2)68-26-41(25-57-68)61-79(73,74)62-54(70)58-51-43-10-6-8-31(43)14-37-16-33(21-45(37)51)35-18-39-20-40-19-36(24-48(40)53(47(39)23-35)60-55(71)63-80(75,76)67(5)42-12-13-65(3)27-42)34-17-38-15-32-9-7-11-44(32)52(46(38)22-34)59-56(72)64-81(77,78)69-29-49-50(69)28-66(49)4/h14-15,20,25-26,30,33-36,42,49-50,61H,6-13,16-19,21-24,27-29H2,1-5H3,(H2,58,62,70)(H2,59,64,72)(H2,60,63,71)/t33?,34?,35?,36?,42-,49?,50?/m1/s1. The van der Waals surface area contributed by atoms with Crippen molar-refractivity contribution >= 4 is 71.5 Å². The van der Waals surface area contributed by atoms with E-state index in [2.05, 4.69) is 67.9 Å². The van der Waals surface area contributed by atoms with Gasteiger partial charge in [0.2, 0.25) is 0 Å². The van der Waals surface area contributed by atoms with E-state index < -0.39 is 48.7 Å². The smallest absolute Gasteiger partial charge is 0.307 e. The number of aryl methyl sites for hydroxylation is 2. The Bertz CT molecular complexity index is 3660. The largest absolute Gasteiger partial charge is 0.334 e. The van der Waals surface area contributed by atoms with E-state index in [0.717, 1.165) is 132 Å². The Morgan fingerprint density at radius 1 is 0.593 bits per heavy atom. The van der Waals surface area contributed by atoms with E-state index in [9.17, 15) is 39.6 Å². The zero-order valence-electron chi connectivity index (χ0n) is 46.5. The fourth-order valence-electron chi connectivity index (χ4n) is 15.4. The number of fused-ring (bicyclic) bond motifs is 7. The van der Waals surface area contributed by atoms with Crippen molar-refractivity contribution in [1.29, 1.82) is 0 Å². The Morgan fingerprint density at radius 2 is 1.07 bits per heavy atom. The van der Waals surface area contributed by atoms with Crippen molar-refractivity contribution < 1.29 is 39.6 Å². The number of carbonyl (C=O) groups is 3. The number of likely N-dealkylation sites (N-methyl/N-ethyl adjacent to an activating group) is 3. The SMILES string of the molecule is CC(C)n1cc(NS(=O)(=O)NC(=O)Nc2c3c(cc4c2CC(C2Cc5cc6c(c(NC(=O)NS(=O)(=O)N(C)[C@@H]7CCN(C)C7)c5C2)CC(C2Cc5cc7c(c(NC(=O)NS(=O)(=O)N8CC9C8CN9C)c5C2)CCC7)C6)C4)CCC3)cn1. The van der Waals surface area contributed by atoms with Crippen LogP contribution in [0.15, 0.2) is 30.6 Å². The molecule has 4 aromatic rings. The minimum Gasteiger partial charge on any atom is -0.307 e. The number of anilines is 4. The van der Waals surface area contributed by atoms with Crippen LogP contribution in [0.4, 0.5) is 37.1 Å². The number of amides is 6. The maximum Gasteiger partial charge on any atom is 0.334 e. The van der Waals surface area contributed by atoms with Gasteiger partial charge in [-0.1, -0.05) is 18.2 Å². The molecule has 0 saturated carbocycles. The maximum absolute atomic E-state index is 14.2. The van der Waals surface area contributed by atoms with Gasteiger partial charge in [0, 0.05) is 68.1 Å². The Morgan fingerprint density at radius 3 is 1.52 bits per heavy atom. The molecule has 6 amide bonds. The predicted octanol–water partition coefficient (Wildman–Crippen LogP) is 4.55. The summed E-state index contributed by atoms with van der Waals surface area (Å²) in [6.45, 7) is 6.15. The maximum atomic E-state index is 14.2. The van der Waals surface area contributed by atoms with Crippen LogP contribution in [0.25, 0.3) is 0 Å². The molecular weight excluding hydrogens is 1090 g/mol. The molecule has 6 unspecified atom stereocenters. The first-order valence-corrected chi connectivity index (χ1v) is 33.1. The Balaban J connectivity index is 0.740. The predicted molar refractivity (Wildman–Crippen MR) is 307 cm³/mol. The van der Waals surface area contributed by atoms with Gasteiger partial charge in [-0.3, -0.25) is 14.3 Å². The van der Waals surface area contributed by atoms with E-state index in [-0.39, 0.29) is 53.5 Å². The van der Waals surface area contributed by atoms with Gasteiger partial charge in [-0.15, -0.1) is 0 Å². The van der Waals surface area contributed by atoms with E-state index >= 15 is 0 Å². The van der Waals surface area contributed by atoms with Gasteiger partial charge in [0.15, 0.2) is 0 Å². The van der Waals surface area contributed by atoms with E-state index in [1.165, 1.54) is 33.0 Å². The third-order valence-corrected chi connectivity index (χ3v) is 23.6. The molecule has 3 aliphatic heterocycles. The van der Waals surface area contributed by atoms with Crippen molar-refractivity contribution in [3.63, 3.8) is 0 Å². The third kappa shape index (κ3) is 10.0.